The molecule has 1 aromatic rings. The molecule has 0 aliphatic heterocycles. The summed E-state index contributed by atoms with van der Waals surface area (Å²) in [6.07, 6.45) is 0. The predicted molar refractivity (Wildman–Crippen MR) is 58.9 cm³/mol. The number of anilines is 1. The van der Waals surface area contributed by atoms with E-state index in [0.717, 1.165) is 0 Å². The molecule has 0 saturated carbocycles. The first kappa shape index (κ1) is 11.6. The minimum absolute atomic E-state index is 0.00852. The fourth-order valence-corrected chi connectivity index (χ4v) is 2.29. The molecule has 0 aromatic heterocycles. The Hall–Kier alpha value is -1.47. The molecular weight excluding hydrogens is 240 g/mol. The second-order valence-corrected chi connectivity index (χ2v) is 4.66. The number of benzene rings is 1. The lowest BCUT2D eigenvalue weighted by atomic mass is 10.3. The van der Waals surface area contributed by atoms with Crippen LogP contribution < -0.4 is 17.2 Å². The van der Waals surface area contributed by atoms with Crippen LogP contribution in [0.15, 0.2) is 27.5 Å². The van der Waals surface area contributed by atoms with Crippen molar-refractivity contribution in [2.24, 2.45) is 15.9 Å². The summed E-state index contributed by atoms with van der Waals surface area (Å²) in [6, 6.07) is 4.01. The van der Waals surface area contributed by atoms with Crippen LogP contribution in [0.3, 0.4) is 0 Å². The normalized spacial score (nSPS) is 11.0. The highest BCUT2D eigenvalue weighted by Gasteiger charge is 2.17. The Labute approximate surface area is 91.8 Å². The maximum Gasteiger partial charge on any atom is 0.287 e. The molecule has 8 heteroatoms. The molecule has 0 heterocycles. The van der Waals surface area contributed by atoms with E-state index in [2.05, 4.69) is 4.40 Å². The number of nitrogen functional groups attached to an aromatic ring is 1. The third-order valence-electron chi connectivity index (χ3n) is 1.46. The summed E-state index contributed by atoms with van der Waals surface area (Å²) in [4.78, 5) is -0.224. The van der Waals surface area contributed by atoms with E-state index >= 15 is 0 Å². The van der Waals surface area contributed by atoms with Gasteiger partial charge in [0.2, 0.25) is 5.96 Å². The van der Waals surface area contributed by atoms with E-state index in [0.29, 0.717) is 0 Å². The largest absolute Gasteiger partial charge is 0.399 e. The quantitative estimate of drug-likeness (QED) is 0.382. The molecule has 0 unspecified atom stereocenters. The molecule has 6 nitrogen and oxygen atoms in total. The van der Waals surface area contributed by atoms with E-state index in [1.165, 1.54) is 18.2 Å². The summed E-state index contributed by atoms with van der Waals surface area (Å²) in [7, 11) is -3.99. The van der Waals surface area contributed by atoms with Gasteiger partial charge in [0.05, 0.1) is 5.02 Å². The highest BCUT2D eigenvalue weighted by Crippen LogP contribution is 2.25. The van der Waals surface area contributed by atoms with Crippen molar-refractivity contribution in [3.63, 3.8) is 0 Å². The zero-order valence-electron chi connectivity index (χ0n) is 7.51. The lowest BCUT2D eigenvalue weighted by Crippen LogP contribution is -2.24. The van der Waals surface area contributed by atoms with Gasteiger partial charge in [0.1, 0.15) is 4.90 Å². The summed E-state index contributed by atoms with van der Waals surface area (Å²) in [5.41, 5.74) is 15.6. The average molecular weight is 249 g/mol. The molecule has 0 atom stereocenters. The molecular formula is C7H9ClN4O2S. The van der Waals surface area contributed by atoms with Crippen molar-refractivity contribution in [1.82, 2.24) is 0 Å². The molecule has 0 bridgehead atoms. The number of hydrogen-bond donors (Lipinski definition) is 3. The van der Waals surface area contributed by atoms with Gasteiger partial charge in [-0.2, -0.15) is 8.42 Å². The van der Waals surface area contributed by atoms with Crippen molar-refractivity contribution in [1.29, 1.82) is 0 Å². The van der Waals surface area contributed by atoms with Gasteiger partial charge in [-0.05, 0) is 18.2 Å². The molecule has 1 aromatic carbocycles. The van der Waals surface area contributed by atoms with Crippen LogP contribution in [0.4, 0.5) is 5.69 Å². The Balaban J connectivity index is 3.40. The summed E-state index contributed by atoms with van der Waals surface area (Å²) < 4.78 is 26.1. The van der Waals surface area contributed by atoms with Gasteiger partial charge in [-0.1, -0.05) is 11.6 Å². The van der Waals surface area contributed by atoms with Gasteiger partial charge in [0, 0.05) is 5.69 Å². The van der Waals surface area contributed by atoms with Gasteiger partial charge in [-0.15, -0.1) is 4.40 Å². The fourth-order valence-electron chi connectivity index (χ4n) is 0.906. The maximum atomic E-state index is 11.5. The highest BCUT2D eigenvalue weighted by atomic mass is 35.5. The van der Waals surface area contributed by atoms with Crippen molar-refractivity contribution in [3.8, 4) is 0 Å². The van der Waals surface area contributed by atoms with Crippen molar-refractivity contribution in [2.45, 2.75) is 4.90 Å². The summed E-state index contributed by atoms with van der Waals surface area (Å²) in [6.45, 7) is 0. The Morgan fingerprint density at radius 3 is 2.47 bits per heavy atom. The molecule has 15 heavy (non-hydrogen) atoms. The minimum atomic E-state index is -3.99. The van der Waals surface area contributed by atoms with Gasteiger partial charge in [0.15, 0.2) is 0 Å². The smallest absolute Gasteiger partial charge is 0.287 e. The van der Waals surface area contributed by atoms with Crippen LogP contribution in [0, 0.1) is 0 Å². The Bertz CT molecular complexity index is 508. The average Bonchev–Trinajstić information content (AvgIpc) is 2.06. The van der Waals surface area contributed by atoms with Gasteiger partial charge in [0.25, 0.3) is 10.0 Å². The van der Waals surface area contributed by atoms with Gasteiger partial charge in [-0.25, -0.2) is 0 Å². The van der Waals surface area contributed by atoms with E-state index in [9.17, 15) is 8.42 Å². The molecule has 0 aliphatic carbocycles. The lowest BCUT2D eigenvalue weighted by Gasteiger charge is -2.03. The van der Waals surface area contributed by atoms with Crippen LogP contribution in [0.25, 0.3) is 0 Å². The molecule has 0 aliphatic rings. The molecule has 1 rings (SSSR count). The number of nitrogens with zero attached hydrogens (tertiary/aromatic N) is 1. The fraction of sp³-hybridized carbons (Fsp3) is 0. The summed E-state index contributed by atoms with van der Waals surface area (Å²) in [5.74, 6) is -0.562. The number of rotatable bonds is 2. The number of guanidine groups is 1. The van der Waals surface area contributed by atoms with Crippen molar-refractivity contribution >= 4 is 33.3 Å². The Morgan fingerprint density at radius 1 is 1.33 bits per heavy atom. The van der Waals surface area contributed by atoms with E-state index in [1.54, 1.807) is 0 Å². The second kappa shape index (κ2) is 3.95. The van der Waals surface area contributed by atoms with Crippen LogP contribution in [-0.2, 0) is 10.0 Å². The molecule has 0 fully saturated rings. The standard InChI is InChI=1S/C7H9ClN4O2S/c8-5-2-1-4(9)3-6(5)15(13,14)12-7(10)11/h1-3H,9H2,(H4,10,11,12). The number of sulfonamides is 1. The Kier molecular flexibility index (Phi) is 3.06. The monoisotopic (exact) mass is 248 g/mol. The van der Waals surface area contributed by atoms with Crippen molar-refractivity contribution in [3.05, 3.63) is 23.2 Å². The first-order chi connectivity index (χ1) is 6.83. The zero-order chi connectivity index (χ0) is 11.6. The van der Waals surface area contributed by atoms with Crippen molar-refractivity contribution < 1.29 is 8.42 Å². The zero-order valence-corrected chi connectivity index (χ0v) is 9.09. The minimum Gasteiger partial charge on any atom is -0.399 e. The van der Waals surface area contributed by atoms with Crippen LogP contribution in [-0.4, -0.2) is 14.4 Å². The van der Waals surface area contributed by atoms with Crippen LogP contribution in [0.5, 0.6) is 0 Å². The number of hydrogen-bond acceptors (Lipinski definition) is 3. The molecule has 82 valence electrons. The topological polar surface area (TPSA) is 125 Å². The van der Waals surface area contributed by atoms with E-state index in [1.807, 2.05) is 0 Å². The van der Waals surface area contributed by atoms with E-state index in [4.69, 9.17) is 28.8 Å². The molecule has 0 saturated heterocycles. The molecule has 0 spiro atoms. The number of nitrogens with two attached hydrogens (primary N) is 3. The van der Waals surface area contributed by atoms with Crippen LogP contribution >= 0.6 is 11.6 Å². The van der Waals surface area contributed by atoms with Crippen LogP contribution in [0.1, 0.15) is 0 Å². The maximum absolute atomic E-state index is 11.5. The predicted octanol–water partition coefficient (Wildman–Crippen LogP) is -0.116. The molecule has 0 radical (unpaired) electrons. The molecule has 6 N–H and O–H groups in total. The molecule has 0 amide bonds. The SMILES string of the molecule is NC(N)=NS(=O)(=O)c1cc(N)ccc1Cl. The Morgan fingerprint density at radius 2 is 1.93 bits per heavy atom. The van der Waals surface area contributed by atoms with Gasteiger partial charge < -0.3 is 17.2 Å². The first-order valence-corrected chi connectivity index (χ1v) is 5.55. The van der Waals surface area contributed by atoms with Crippen molar-refractivity contribution in [2.75, 3.05) is 5.73 Å². The highest BCUT2D eigenvalue weighted by molar-refractivity contribution is 7.90. The second-order valence-electron chi connectivity index (χ2n) is 2.68. The van der Waals surface area contributed by atoms with Gasteiger partial charge in [-0.3, -0.25) is 0 Å². The summed E-state index contributed by atoms with van der Waals surface area (Å²) >= 11 is 5.68. The van der Waals surface area contributed by atoms with E-state index < -0.39 is 16.0 Å². The lowest BCUT2D eigenvalue weighted by molar-refractivity contribution is 0.598. The third kappa shape index (κ3) is 2.74. The van der Waals surface area contributed by atoms with E-state index in [-0.39, 0.29) is 15.6 Å². The third-order valence-corrected chi connectivity index (χ3v) is 3.25. The first-order valence-electron chi connectivity index (χ1n) is 3.74. The van der Waals surface area contributed by atoms with Crippen LogP contribution in [0.2, 0.25) is 5.02 Å². The summed E-state index contributed by atoms with van der Waals surface area (Å²) in [5, 5.41) is 0.00852. The number of halogens is 1. The van der Waals surface area contributed by atoms with Gasteiger partial charge >= 0.3 is 0 Å².